The van der Waals surface area contributed by atoms with Crippen LogP contribution in [0.2, 0.25) is 0 Å². The second kappa shape index (κ2) is 22.1. The maximum atomic E-state index is 11.5. The molecule has 4 nitrogen and oxygen atoms in total. The summed E-state index contributed by atoms with van der Waals surface area (Å²) in [6, 6.07) is 0. The van der Waals surface area contributed by atoms with Crippen LogP contribution in [0.5, 0.6) is 0 Å². The second-order valence-corrected chi connectivity index (χ2v) is 10.2. The molecule has 6 heteroatoms. The van der Waals surface area contributed by atoms with Gasteiger partial charge in [0.05, 0.1) is 16.2 Å². The Morgan fingerprint density at radius 2 is 1.00 bits per heavy atom. The third-order valence-corrected chi connectivity index (χ3v) is 7.04. The molecule has 0 rings (SSSR count). The van der Waals surface area contributed by atoms with Crippen molar-refractivity contribution in [3.8, 4) is 0 Å². The predicted octanol–water partition coefficient (Wildman–Crippen LogP) is 3.72. The first-order valence-corrected chi connectivity index (χ1v) is 13.5. The first-order chi connectivity index (χ1) is 13.4. The molecule has 0 aliphatic carbocycles. The molecule has 0 saturated carbocycles. The second-order valence-electron chi connectivity index (χ2n) is 8.52. The van der Waals surface area contributed by atoms with Gasteiger partial charge in [-0.05, 0) is 25.7 Å². The molecule has 0 heterocycles. The van der Waals surface area contributed by atoms with Gasteiger partial charge in [0.15, 0.2) is 0 Å². The Morgan fingerprint density at radius 3 is 1.41 bits per heavy atom. The van der Waals surface area contributed by atoms with E-state index in [1.54, 1.807) is 0 Å². The molecule has 0 aromatic heterocycles. The molecule has 0 saturated heterocycles. The molecule has 0 aliphatic rings. The topological polar surface area (TPSA) is 77.4 Å². The van der Waals surface area contributed by atoms with Gasteiger partial charge in [0.2, 0.25) is 0 Å². The van der Waals surface area contributed by atoms with Crippen LogP contribution in [0.3, 0.4) is 0 Å². The molecule has 0 radical (unpaired) electrons. The van der Waals surface area contributed by atoms with Gasteiger partial charge in [-0.1, -0.05) is 110 Å². The van der Waals surface area contributed by atoms with Gasteiger partial charge in [-0.3, -0.25) is 0 Å². The van der Waals surface area contributed by atoms with Crippen LogP contribution in [0.15, 0.2) is 0 Å². The zero-order valence-corrected chi connectivity index (χ0v) is 22.5. The van der Waals surface area contributed by atoms with Crippen molar-refractivity contribution >= 4 is 10.1 Å². The number of hydrogen-bond donors (Lipinski definition) is 1. The van der Waals surface area contributed by atoms with Gasteiger partial charge in [0, 0.05) is 5.25 Å². The van der Waals surface area contributed by atoms with Crippen LogP contribution < -0.4 is 29.6 Å². The summed E-state index contributed by atoms with van der Waals surface area (Å²) in [7, 11) is -4.26. The Labute approximate surface area is 204 Å². The van der Waals surface area contributed by atoms with Gasteiger partial charge < -0.3 is 9.66 Å². The summed E-state index contributed by atoms with van der Waals surface area (Å²) in [5, 5.41) is 9.31. The van der Waals surface area contributed by atoms with Gasteiger partial charge in [0.25, 0.3) is 0 Å². The fourth-order valence-electron chi connectivity index (χ4n) is 3.80. The summed E-state index contributed by atoms with van der Waals surface area (Å²) in [6.45, 7) is 4.38. The molecule has 2 atom stereocenters. The van der Waals surface area contributed by atoms with Crippen LogP contribution >= 0.6 is 0 Å². The molecule has 1 N–H and O–H groups in total. The van der Waals surface area contributed by atoms with E-state index in [1.165, 1.54) is 51.4 Å². The largest absolute Gasteiger partial charge is 1.00 e. The van der Waals surface area contributed by atoms with Gasteiger partial charge in [0.1, 0.15) is 0 Å². The monoisotopic (exact) mass is 442 g/mol. The third-order valence-electron chi connectivity index (χ3n) is 5.75. The molecule has 29 heavy (non-hydrogen) atoms. The third kappa shape index (κ3) is 21.9. The maximum absolute atomic E-state index is 11.5. The first kappa shape index (κ1) is 32.1. The van der Waals surface area contributed by atoms with Gasteiger partial charge >= 0.3 is 29.6 Å². The number of unbranched alkanes of at least 4 members (excludes halogenated alkanes) is 13. The minimum atomic E-state index is -4.26. The van der Waals surface area contributed by atoms with Crippen molar-refractivity contribution in [3.63, 3.8) is 0 Å². The molecular formula is C23H47NaO4S. The summed E-state index contributed by atoms with van der Waals surface area (Å²) in [5.74, 6) is 0. The SMILES string of the molecule is CCCCCCCCCCCCC(O)CCC(CCCCCCC)S(=O)(=O)[O-].[Na+]. The zero-order chi connectivity index (χ0) is 21.1. The Hall–Kier alpha value is 0.870. The molecule has 0 amide bonds. The Kier molecular flexibility index (Phi) is 24.4. The number of aliphatic hydroxyl groups is 1. The summed E-state index contributed by atoms with van der Waals surface area (Å²) in [4.78, 5) is 0. The number of hydrogen-bond acceptors (Lipinski definition) is 4. The molecule has 0 aliphatic heterocycles. The molecule has 0 bridgehead atoms. The summed E-state index contributed by atoms with van der Waals surface area (Å²) >= 11 is 0. The van der Waals surface area contributed by atoms with E-state index in [0.29, 0.717) is 19.3 Å². The van der Waals surface area contributed by atoms with Crippen molar-refractivity contribution in [2.24, 2.45) is 0 Å². The van der Waals surface area contributed by atoms with E-state index in [4.69, 9.17) is 0 Å². The van der Waals surface area contributed by atoms with E-state index >= 15 is 0 Å². The van der Waals surface area contributed by atoms with Crippen molar-refractivity contribution in [2.75, 3.05) is 0 Å². The number of aliphatic hydroxyl groups excluding tert-OH is 1. The van der Waals surface area contributed by atoms with Crippen molar-refractivity contribution in [1.82, 2.24) is 0 Å². The molecule has 2 unspecified atom stereocenters. The van der Waals surface area contributed by atoms with Crippen LogP contribution in [0.1, 0.15) is 136 Å². The van der Waals surface area contributed by atoms with E-state index in [1.807, 2.05) is 0 Å². The fourth-order valence-corrected chi connectivity index (χ4v) is 4.68. The van der Waals surface area contributed by atoms with E-state index in [9.17, 15) is 18.1 Å². The van der Waals surface area contributed by atoms with Gasteiger partial charge in [-0.15, -0.1) is 0 Å². The first-order valence-electron chi connectivity index (χ1n) is 12.0. The smallest absolute Gasteiger partial charge is 0.748 e. The molecule has 0 aromatic carbocycles. The molecule has 170 valence electrons. The molecule has 0 spiro atoms. The molecule has 0 aromatic rings. The maximum Gasteiger partial charge on any atom is 1.00 e. The standard InChI is InChI=1S/C23H48O4S.Na/c1-3-5-7-9-10-11-12-13-15-16-18-22(24)20-21-23(28(25,26)27)19-17-14-8-6-4-2;/h22-24H,3-21H2,1-2H3,(H,25,26,27);/q;+1/p-1. The minimum absolute atomic E-state index is 0. The predicted molar refractivity (Wildman–Crippen MR) is 119 cm³/mol. The van der Waals surface area contributed by atoms with Gasteiger partial charge in [-0.25, -0.2) is 8.42 Å². The molecule has 0 fully saturated rings. The Morgan fingerprint density at radius 1 is 0.621 bits per heavy atom. The quantitative estimate of drug-likeness (QED) is 0.167. The van der Waals surface area contributed by atoms with Crippen LogP contribution in [-0.4, -0.2) is 29.4 Å². The average molecular weight is 443 g/mol. The van der Waals surface area contributed by atoms with E-state index in [2.05, 4.69) is 13.8 Å². The minimum Gasteiger partial charge on any atom is -0.748 e. The van der Waals surface area contributed by atoms with Crippen molar-refractivity contribution < 1.29 is 47.6 Å². The Balaban J connectivity index is 0. The van der Waals surface area contributed by atoms with E-state index in [0.717, 1.165) is 51.4 Å². The normalized spacial score (nSPS) is 13.8. The van der Waals surface area contributed by atoms with Crippen molar-refractivity contribution in [3.05, 3.63) is 0 Å². The van der Waals surface area contributed by atoms with E-state index in [-0.39, 0.29) is 29.6 Å². The summed E-state index contributed by atoms with van der Waals surface area (Å²) in [6.07, 6.45) is 19.2. The van der Waals surface area contributed by atoms with Crippen molar-refractivity contribution in [2.45, 2.75) is 147 Å². The van der Waals surface area contributed by atoms with E-state index < -0.39 is 21.5 Å². The van der Waals surface area contributed by atoms with Gasteiger partial charge in [-0.2, -0.15) is 0 Å². The molecular weight excluding hydrogens is 395 g/mol. The van der Waals surface area contributed by atoms with Crippen LogP contribution in [0.4, 0.5) is 0 Å². The van der Waals surface area contributed by atoms with Crippen molar-refractivity contribution in [1.29, 1.82) is 0 Å². The van der Waals surface area contributed by atoms with Crippen LogP contribution in [0.25, 0.3) is 0 Å². The van der Waals surface area contributed by atoms with Crippen LogP contribution in [-0.2, 0) is 10.1 Å². The Bertz CT molecular complexity index is 429. The summed E-state index contributed by atoms with van der Waals surface area (Å²) in [5.41, 5.74) is 0. The number of rotatable bonds is 21. The fraction of sp³-hybridized carbons (Fsp3) is 1.00. The average Bonchev–Trinajstić information content (AvgIpc) is 2.64. The van der Waals surface area contributed by atoms with Crippen LogP contribution in [0, 0.1) is 0 Å². The summed E-state index contributed by atoms with van der Waals surface area (Å²) < 4.78 is 34.4. The zero-order valence-electron chi connectivity index (χ0n) is 19.7.